The fraction of sp³-hybridized carbons (Fsp3) is 0.833. The molecule has 0 aromatic rings. The normalized spacial score (nSPS) is 34.4. The molecule has 2 saturated carbocycles. The third kappa shape index (κ3) is 2.10. The van der Waals surface area contributed by atoms with E-state index >= 15 is 0 Å². The van der Waals surface area contributed by atoms with Crippen molar-refractivity contribution in [3.63, 3.8) is 0 Å². The lowest BCUT2D eigenvalue weighted by atomic mass is 9.61. The van der Waals surface area contributed by atoms with Crippen LogP contribution in [0, 0.1) is 11.3 Å². The highest BCUT2D eigenvalue weighted by Gasteiger charge is 2.52. The molecule has 0 aromatic carbocycles. The zero-order valence-electron chi connectivity index (χ0n) is 10.3. The lowest BCUT2D eigenvalue weighted by Crippen LogP contribution is -2.58. The van der Waals surface area contributed by atoms with Crippen molar-refractivity contribution < 1.29 is 10.0 Å². The third-order valence-electron chi connectivity index (χ3n) is 4.12. The SMILES string of the molecule is CC1CC(C(=O)NC2CCCC2)(C(N)=NO)C1. The summed E-state index contributed by atoms with van der Waals surface area (Å²) in [5, 5.41) is 14.9. The summed E-state index contributed by atoms with van der Waals surface area (Å²) in [5.74, 6) is 0.466. The van der Waals surface area contributed by atoms with Crippen LogP contribution in [-0.2, 0) is 4.79 Å². The summed E-state index contributed by atoms with van der Waals surface area (Å²) in [5.41, 5.74) is 4.94. The van der Waals surface area contributed by atoms with E-state index in [9.17, 15) is 4.79 Å². The van der Waals surface area contributed by atoms with Gasteiger partial charge in [-0.2, -0.15) is 0 Å². The Hall–Kier alpha value is -1.26. The molecule has 2 rings (SSSR count). The summed E-state index contributed by atoms with van der Waals surface area (Å²) in [6.45, 7) is 2.08. The van der Waals surface area contributed by atoms with Crippen LogP contribution in [0.25, 0.3) is 0 Å². The minimum absolute atomic E-state index is 0.0576. The van der Waals surface area contributed by atoms with Gasteiger partial charge in [0.2, 0.25) is 5.91 Å². The second kappa shape index (κ2) is 4.55. The summed E-state index contributed by atoms with van der Waals surface area (Å²) < 4.78 is 0. The Kier molecular flexibility index (Phi) is 3.26. The number of oxime groups is 1. The zero-order chi connectivity index (χ0) is 12.5. The van der Waals surface area contributed by atoms with Gasteiger partial charge < -0.3 is 16.3 Å². The molecule has 5 nitrogen and oxygen atoms in total. The first-order valence-corrected chi connectivity index (χ1v) is 6.37. The lowest BCUT2D eigenvalue weighted by Gasteiger charge is -2.44. The van der Waals surface area contributed by atoms with Crippen LogP contribution in [0.1, 0.15) is 45.4 Å². The fourth-order valence-corrected chi connectivity index (χ4v) is 3.13. The van der Waals surface area contributed by atoms with Gasteiger partial charge in [0, 0.05) is 6.04 Å². The summed E-state index contributed by atoms with van der Waals surface area (Å²) in [6, 6.07) is 0.279. The van der Waals surface area contributed by atoms with E-state index in [0.29, 0.717) is 18.8 Å². The average molecular weight is 239 g/mol. The van der Waals surface area contributed by atoms with Gasteiger partial charge in [-0.3, -0.25) is 4.79 Å². The summed E-state index contributed by atoms with van der Waals surface area (Å²) in [7, 11) is 0. The highest BCUT2D eigenvalue weighted by atomic mass is 16.4. The van der Waals surface area contributed by atoms with Gasteiger partial charge in [0.05, 0.1) is 0 Å². The average Bonchev–Trinajstić information content (AvgIpc) is 2.75. The number of hydrogen-bond acceptors (Lipinski definition) is 3. The molecule has 0 radical (unpaired) electrons. The van der Waals surface area contributed by atoms with Gasteiger partial charge in [-0.25, -0.2) is 0 Å². The molecule has 4 N–H and O–H groups in total. The van der Waals surface area contributed by atoms with E-state index in [0.717, 1.165) is 12.8 Å². The molecular formula is C12H21N3O2. The second-order valence-corrected chi connectivity index (χ2v) is 5.54. The van der Waals surface area contributed by atoms with Crippen LogP contribution >= 0.6 is 0 Å². The van der Waals surface area contributed by atoms with Crippen molar-refractivity contribution in [2.45, 2.75) is 51.5 Å². The number of nitrogens with two attached hydrogens (primary N) is 1. The molecule has 0 saturated heterocycles. The van der Waals surface area contributed by atoms with Gasteiger partial charge in [-0.05, 0) is 31.6 Å². The predicted molar refractivity (Wildman–Crippen MR) is 64.6 cm³/mol. The molecule has 0 aromatic heterocycles. The highest BCUT2D eigenvalue weighted by molar-refractivity contribution is 6.07. The molecule has 17 heavy (non-hydrogen) atoms. The van der Waals surface area contributed by atoms with Crippen molar-refractivity contribution in [1.29, 1.82) is 0 Å². The molecule has 2 aliphatic rings. The van der Waals surface area contributed by atoms with Crippen molar-refractivity contribution in [1.82, 2.24) is 5.32 Å². The smallest absolute Gasteiger partial charge is 0.234 e. The van der Waals surface area contributed by atoms with Gasteiger partial charge >= 0.3 is 0 Å². The zero-order valence-corrected chi connectivity index (χ0v) is 10.3. The van der Waals surface area contributed by atoms with Crippen LogP contribution in [-0.4, -0.2) is 23.0 Å². The summed E-state index contributed by atoms with van der Waals surface area (Å²) in [6.07, 6.45) is 5.82. The molecule has 1 amide bonds. The van der Waals surface area contributed by atoms with E-state index in [2.05, 4.69) is 17.4 Å². The third-order valence-corrected chi connectivity index (χ3v) is 4.12. The van der Waals surface area contributed by atoms with Crippen molar-refractivity contribution in [3.8, 4) is 0 Å². The number of nitrogens with one attached hydrogen (secondary N) is 1. The Bertz CT molecular complexity index is 329. The van der Waals surface area contributed by atoms with Gasteiger partial charge in [0.1, 0.15) is 5.41 Å². The Balaban J connectivity index is 2.03. The van der Waals surface area contributed by atoms with Crippen molar-refractivity contribution in [3.05, 3.63) is 0 Å². The first-order valence-electron chi connectivity index (χ1n) is 6.37. The Morgan fingerprint density at radius 2 is 2.00 bits per heavy atom. The first-order chi connectivity index (χ1) is 8.08. The van der Waals surface area contributed by atoms with E-state index in [1.807, 2.05) is 0 Å². The van der Waals surface area contributed by atoms with Crippen LogP contribution in [0.3, 0.4) is 0 Å². The maximum Gasteiger partial charge on any atom is 0.234 e. The van der Waals surface area contributed by atoms with Crippen molar-refractivity contribution in [2.24, 2.45) is 22.2 Å². The lowest BCUT2D eigenvalue weighted by molar-refractivity contribution is -0.133. The predicted octanol–water partition coefficient (Wildman–Crippen LogP) is 1.21. The van der Waals surface area contributed by atoms with Crippen LogP contribution in [0.2, 0.25) is 0 Å². The van der Waals surface area contributed by atoms with Crippen molar-refractivity contribution in [2.75, 3.05) is 0 Å². The Morgan fingerprint density at radius 3 is 2.47 bits per heavy atom. The maximum atomic E-state index is 12.3. The van der Waals surface area contributed by atoms with Crippen LogP contribution in [0.5, 0.6) is 0 Å². The molecule has 0 heterocycles. The van der Waals surface area contributed by atoms with Gasteiger partial charge in [-0.1, -0.05) is 24.9 Å². The summed E-state index contributed by atoms with van der Waals surface area (Å²) >= 11 is 0. The number of carbonyl (C=O) groups is 1. The van der Waals surface area contributed by atoms with Gasteiger partial charge in [0.25, 0.3) is 0 Å². The minimum Gasteiger partial charge on any atom is -0.409 e. The van der Waals surface area contributed by atoms with Gasteiger partial charge in [-0.15, -0.1) is 0 Å². The van der Waals surface area contributed by atoms with E-state index in [-0.39, 0.29) is 17.8 Å². The molecule has 5 heteroatoms. The quantitative estimate of drug-likeness (QED) is 0.299. The number of amides is 1. The number of carbonyl (C=O) groups excluding carboxylic acids is 1. The molecule has 0 atom stereocenters. The fourth-order valence-electron chi connectivity index (χ4n) is 3.13. The van der Waals surface area contributed by atoms with E-state index in [4.69, 9.17) is 10.9 Å². The van der Waals surface area contributed by atoms with Crippen molar-refractivity contribution >= 4 is 11.7 Å². The molecule has 2 aliphatic carbocycles. The van der Waals surface area contributed by atoms with Gasteiger partial charge in [0.15, 0.2) is 5.84 Å². The largest absolute Gasteiger partial charge is 0.409 e. The summed E-state index contributed by atoms with van der Waals surface area (Å²) in [4.78, 5) is 12.3. The highest BCUT2D eigenvalue weighted by Crippen LogP contribution is 2.46. The molecule has 0 unspecified atom stereocenters. The van der Waals surface area contributed by atoms with E-state index in [1.165, 1.54) is 12.8 Å². The monoisotopic (exact) mass is 239 g/mol. The number of hydrogen-bond donors (Lipinski definition) is 3. The Labute approximate surface area is 101 Å². The topological polar surface area (TPSA) is 87.7 Å². The molecule has 0 aliphatic heterocycles. The van der Waals surface area contributed by atoms with Crippen LogP contribution in [0.4, 0.5) is 0 Å². The maximum absolute atomic E-state index is 12.3. The number of amidine groups is 1. The molecule has 96 valence electrons. The Morgan fingerprint density at radius 1 is 1.41 bits per heavy atom. The minimum atomic E-state index is -0.753. The van der Waals surface area contributed by atoms with E-state index in [1.54, 1.807) is 0 Å². The van der Waals surface area contributed by atoms with Crippen LogP contribution < -0.4 is 11.1 Å². The number of rotatable bonds is 3. The number of nitrogens with zero attached hydrogens (tertiary/aromatic N) is 1. The molecule has 2 fully saturated rings. The molecule has 0 bridgehead atoms. The standard InChI is InChI=1S/C12H21N3O2/c1-8-6-12(7-8,10(13)15-17)11(16)14-9-4-2-3-5-9/h8-9,17H,2-7H2,1H3,(H2,13,15)(H,14,16). The first kappa shape index (κ1) is 12.2. The van der Waals surface area contributed by atoms with Crippen LogP contribution in [0.15, 0.2) is 5.16 Å². The molecular weight excluding hydrogens is 218 g/mol. The second-order valence-electron chi connectivity index (χ2n) is 5.54. The van der Waals surface area contributed by atoms with E-state index < -0.39 is 5.41 Å². The molecule has 0 spiro atoms.